The van der Waals surface area contributed by atoms with Gasteiger partial charge in [-0.2, -0.15) is 5.26 Å². The van der Waals surface area contributed by atoms with Crippen molar-refractivity contribution in [1.82, 2.24) is 0 Å². The molecular formula is C12H22BNO2. The summed E-state index contributed by atoms with van der Waals surface area (Å²) in [5, 5.41) is 8.52. The Balaban J connectivity index is 2.76. The first-order valence-electron chi connectivity index (χ1n) is 5.85. The van der Waals surface area contributed by atoms with Crippen molar-refractivity contribution in [1.29, 1.82) is 5.26 Å². The standard InChI is InChI=1S/C12H22BNO2/c1-10(2,8-7-9-14)13-15-11(3,4)12(5,6)16-13/h7-8H2,1-6H3. The molecule has 0 amide bonds. The summed E-state index contributed by atoms with van der Waals surface area (Å²) in [6, 6.07) is 2.18. The van der Waals surface area contributed by atoms with Crippen LogP contribution in [0.4, 0.5) is 0 Å². The van der Waals surface area contributed by atoms with E-state index in [9.17, 15) is 0 Å². The fourth-order valence-corrected chi connectivity index (χ4v) is 1.66. The summed E-state index contributed by atoms with van der Waals surface area (Å²) in [4.78, 5) is 0. The molecule has 1 aliphatic heterocycles. The molecule has 0 saturated carbocycles. The zero-order valence-corrected chi connectivity index (χ0v) is 11.3. The molecule has 0 aromatic carbocycles. The minimum absolute atomic E-state index is 0.124. The Morgan fingerprint density at radius 2 is 1.56 bits per heavy atom. The van der Waals surface area contributed by atoms with Crippen LogP contribution in [0.2, 0.25) is 5.31 Å². The van der Waals surface area contributed by atoms with Crippen LogP contribution in [0, 0.1) is 11.3 Å². The number of hydrogen-bond acceptors (Lipinski definition) is 3. The highest BCUT2D eigenvalue weighted by Crippen LogP contribution is 2.46. The predicted molar refractivity (Wildman–Crippen MR) is 65.0 cm³/mol. The highest BCUT2D eigenvalue weighted by molar-refractivity contribution is 6.49. The lowest BCUT2D eigenvalue weighted by Gasteiger charge is -2.32. The molecule has 0 radical (unpaired) electrons. The third-order valence-corrected chi connectivity index (χ3v) is 3.77. The second kappa shape index (κ2) is 4.05. The van der Waals surface area contributed by atoms with Crippen molar-refractivity contribution < 1.29 is 9.31 Å². The molecule has 0 aromatic heterocycles. The molecule has 0 aromatic rings. The van der Waals surface area contributed by atoms with Crippen molar-refractivity contribution in [2.75, 3.05) is 0 Å². The van der Waals surface area contributed by atoms with Crippen molar-refractivity contribution in [3.63, 3.8) is 0 Å². The fraction of sp³-hybridized carbons (Fsp3) is 0.917. The molecular weight excluding hydrogens is 201 g/mol. The Hall–Kier alpha value is -0.525. The molecule has 1 saturated heterocycles. The third kappa shape index (κ3) is 2.41. The summed E-state index contributed by atoms with van der Waals surface area (Å²) in [6.07, 6.45) is 1.33. The van der Waals surface area contributed by atoms with Gasteiger partial charge in [0.2, 0.25) is 0 Å². The first-order valence-corrected chi connectivity index (χ1v) is 5.85. The number of nitriles is 1. The van der Waals surface area contributed by atoms with Crippen LogP contribution in [0.3, 0.4) is 0 Å². The summed E-state index contributed by atoms with van der Waals surface area (Å²) in [5.41, 5.74) is -0.580. The topological polar surface area (TPSA) is 42.2 Å². The van der Waals surface area contributed by atoms with Gasteiger partial charge in [-0.1, -0.05) is 13.8 Å². The summed E-state index contributed by atoms with van der Waals surface area (Å²) >= 11 is 0. The number of hydrogen-bond donors (Lipinski definition) is 0. The Morgan fingerprint density at radius 3 is 1.94 bits per heavy atom. The highest BCUT2D eigenvalue weighted by Gasteiger charge is 2.56. The van der Waals surface area contributed by atoms with Crippen LogP contribution in [0.5, 0.6) is 0 Å². The molecule has 4 heteroatoms. The molecule has 1 heterocycles. The van der Waals surface area contributed by atoms with E-state index in [0.717, 1.165) is 6.42 Å². The zero-order chi connectivity index (χ0) is 12.6. The lowest BCUT2D eigenvalue weighted by molar-refractivity contribution is 0.00578. The third-order valence-electron chi connectivity index (χ3n) is 3.77. The van der Waals surface area contributed by atoms with Crippen LogP contribution in [0.25, 0.3) is 0 Å². The van der Waals surface area contributed by atoms with Crippen molar-refractivity contribution in [3.8, 4) is 6.07 Å². The van der Waals surface area contributed by atoms with Crippen molar-refractivity contribution >= 4 is 7.12 Å². The van der Waals surface area contributed by atoms with Gasteiger partial charge in [0.25, 0.3) is 0 Å². The summed E-state index contributed by atoms with van der Waals surface area (Å²) in [6.45, 7) is 12.4. The van der Waals surface area contributed by atoms with E-state index in [2.05, 4.69) is 19.9 Å². The molecule has 1 aliphatic rings. The van der Waals surface area contributed by atoms with Crippen LogP contribution < -0.4 is 0 Å². The van der Waals surface area contributed by atoms with Crippen LogP contribution in [0.1, 0.15) is 54.4 Å². The Labute approximate surface area is 99.3 Å². The first kappa shape index (κ1) is 13.5. The molecule has 1 fully saturated rings. The van der Waals surface area contributed by atoms with Gasteiger partial charge in [0, 0.05) is 11.7 Å². The van der Waals surface area contributed by atoms with Gasteiger partial charge in [-0.05, 0) is 34.1 Å². The van der Waals surface area contributed by atoms with E-state index in [4.69, 9.17) is 14.6 Å². The summed E-state index contributed by atoms with van der Waals surface area (Å²) in [5.74, 6) is 0. The Bertz CT molecular complexity index is 289. The van der Waals surface area contributed by atoms with Crippen LogP contribution in [0.15, 0.2) is 0 Å². The molecule has 0 atom stereocenters. The quantitative estimate of drug-likeness (QED) is 0.690. The van der Waals surface area contributed by atoms with E-state index < -0.39 is 0 Å². The monoisotopic (exact) mass is 223 g/mol. The van der Waals surface area contributed by atoms with Gasteiger partial charge in [-0.15, -0.1) is 0 Å². The van der Waals surface area contributed by atoms with Crippen molar-refractivity contribution in [2.24, 2.45) is 0 Å². The van der Waals surface area contributed by atoms with Crippen LogP contribution in [-0.2, 0) is 9.31 Å². The second-order valence-electron chi connectivity index (χ2n) is 6.23. The zero-order valence-electron chi connectivity index (χ0n) is 11.3. The van der Waals surface area contributed by atoms with E-state index >= 15 is 0 Å². The molecule has 90 valence electrons. The van der Waals surface area contributed by atoms with Gasteiger partial charge in [0.05, 0.1) is 17.3 Å². The molecule has 16 heavy (non-hydrogen) atoms. The number of nitrogens with zero attached hydrogens (tertiary/aromatic N) is 1. The molecule has 0 unspecified atom stereocenters. The molecule has 1 rings (SSSR count). The van der Waals surface area contributed by atoms with Gasteiger partial charge in [0.1, 0.15) is 0 Å². The minimum atomic E-state index is -0.290. The SMILES string of the molecule is CC(C)(CCC#N)B1OC(C)(C)C(C)(C)O1. The Morgan fingerprint density at radius 1 is 1.12 bits per heavy atom. The summed E-state index contributed by atoms with van der Waals surface area (Å²) < 4.78 is 12.0. The maximum Gasteiger partial charge on any atom is 0.463 e. The first-order chi connectivity index (χ1) is 7.12. The average Bonchev–Trinajstić information content (AvgIpc) is 2.34. The van der Waals surface area contributed by atoms with Gasteiger partial charge < -0.3 is 9.31 Å². The smallest absolute Gasteiger partial charge is 0.403 e. The Kier molecular flexibility index (Phi) is 3.43. The predicted octanol–water partition coefficient (Wildman–Crippen LogP) is 3.16. The lowest BCUT2D eigenvalue weighted by atomic mass is 9.57. The van der Waals surface area contributed by atoms with E-state index in [-0.39, 0.29) is 23.6 Å². The van der Waals surface area contributed by atoms with E-state index in [1.165, 1.54) is 0 Å². The maximum absolute atomic E-state index is 8.65. The van der Waals surface area contributed by atoms with E-state index in [1.54, 1.807) is 0 Å². The van der Waals surface area contributed by atoms with Gasteiger partial charge in [-0.3, -0.25) is 0 Å². The maximum atomic E-state index is 8.65. The summed E-state index contributed by atoms with van der Waals surface area (Å²) in [7, 11) is -0.231. The van der Waals surface area contributed by atoms with Crippen LogP contribution >= 0.6 is 0 Å². The normalized spacial score (nSPS) is 23.2. The van der Waals surface area contributed by atoms with Gasteiger partial charge in [-0.25, -0.2) is 0 Å². The lowest BCUT2D eigenvalue weighted by Crippen LogP contribution is -2.41. The second-order valence-corrected chi connectivity index (χ2v) is 6.23. The average molecular weight is 223 g/mol. The largest absolute Gasteiger partial charge is 0.463 e. The van der Waals surface area contributed by atoms with E-state index in [0.29, 0.717) is 6.42 Å². The number of rotatable bonds is 3. The molecule has 0 N–H and O–H groups in total. The molecule has 0 spiro atoms. The molecule has 3 nitrogen and oxygen atoms in total. The molecule has 0 bridgehead atoms. The van der Waals surface area contributed by atoms with Crippen LogP contribution in [-0.4, -0.2) is 18.3 Å². The fourth-order valence-electron chi connectivity index (χ4n) is 1.66. The molecule has 0 aliphatic carbocycles. The minimum Gasteiger partial charge on any atom is -0.403 e. The van der Waals surface area contributed by atoms with Gasteiger partial charge >= 0.3 is 7.12 Å². The highest BCUT2D eigenvalue weighted by atomic mass is 16.7. The van der Waals surface area contributed by atoms with E-state index in [1.807, 2.05) is 27.7 Å². The van der Waals surface area contributed by atoms with Crippen molar-refractivity contribution in [2.45, 2.75) is 70.9 Å². The van der Waals surface area contributed by atoms with Crippen molar-refractivity contribution in [3.05, 3.63) is 0 Å². The van der Waals surface area contributed by atoms with Gasteiger partial charge in [0.15, 0.2) is 0 Å².